The summed E-state index contributed by atoms with van der Waals surface area (Å²) in [6, 6.07) is 8.88. The number of H-pyrrole nitrogens is 1. The van der Waals surface area contributed by atoms with E-state index in [1.54, 1.807) is 5.38 Å². The van der Waals surface area contributed by atoms with E-state index in [4.69, 9.17) is 10.5 Å². The molecule has 4 rings (SSSR count). The van der Waals surface area contributed by atoms with Crippen LogP contribution in [-0.2, 0) is 29.0 Å². The Hall–Kier alpha value is -3.97. The Morgan fingerprint density at radius 1 is 1.26 bits per heavy atom. The number of nitrogens with zero attached hydrogens (tertiary/aromatic N) is 4. The predicted molar refractivity (Wildman–Crippen MR) is 132 cm³/mol. The smallest absolute Gasteiger partial charge is 0.330 e. The zero-order valence-electron chi connectivity index (χ0n) is 19.0. The average Bonchev–Trinajstić information content (AvgIpc) is 3.47. The van der Waals surface area contributed by atoms with E-state index < -0.39 is 17.2 Å². The minimum Gasteiger partial charge on any atom is -0.383 e. The summed E-state index contributed by atoms with van der Waals surface area (Å²) in [6.07, 6.45) is -0.130. The lowest BCUT2D eigenvalue weighted by Crippen LogP contribution is -2.41. The van der Waals surface area contributed by atoms with Gasteiger partial charge >= 0.3 is 11.7 Å². The first-order chi connectivity index (χ1) is 16.9. The van der Waals surface area contributed by atoms with Gasteiger partial charge in [0.15, 0.2) is 10.8 Å². The molecule has 3 aromatic rings. The van der Waals surface area contributed by atoms with Crippen LogP contribution in [-0.4, -0.2) is 53.3 Å². The Bertz CT molecular complexity index is 1330. The lowest BCUT2D eigenvalue weighted by molar-refractivity contribution is -0.118. The van der Waals surface area contributed by atoms with Gasteiger partial charge < -0.3 is 15.8 Å². The minimum atomic E-state index is -0.766. The van der Waals surface area contributed by atoms with Crippen molar-refractivity contribution < 1.29 is 14.3 Å². The van der Waals surface area contributed by atoms with Crippen molar-refractivity contribution in [1.82, 2.24) is 19.9 Å². The number of carbonyl (C=O) groups is 2. The number of benzene rings is 1. The first kappa shape index (κ1) is 24.2. The highest BCUT2D eigenvalue weighted by molar-refractivity contribution is 7.14. The zero-order valence-corrected chi connectivity index (χ0v) is 19.8. The fourth-order valence-electron chi connectivity index (χ4n) is 3.71. The molecule has 12 nitrogen and oxygen atoms in total. The van der Waals surface area contributed by atoms with E-state index in [1.807, 2.05) is 30.3 Å². The molecule has 0 aliphatic carbocycles. The SMILES string of the molecule is COCCn1c(N)c(N(Cc2ccccc2)C(=O)Cc2csc(N3CCNC3=O)n2)c(=O)[nH]c1=O. The molecular weight excluding hydrogens is 474 g/mol. The van der Waals surface area contributed by atoms with Crippen LogP contribution in [0.3, 0.4) is 0 Å². The molecule has 4 N–H and O–H groups in total. The van der Waals surface area contributed by atoms with Gasteiger partial charge in [0, 0.05) is 25.6 Å². The second-order valence-corrected chi connectivity index (χ2v) is 8.62. The zero-order chi connectivity index (χ0) is 24.9. The summed E-state index contributed by atoms with van der Waals surface area (Å²) in [7, 11) is 1.48. The summed E-state index contributed by atoms with van der Waals surface area (Å²) in [5.74, 6) is -0.571. The molecule has 0 atom stereocenters. The van der Waals surface area contributed by atoms with Crippen molar-refractivity contribution >= 4 is 39.9 Å². The van der Waals surface area contributed by atoms with Crippen LogP contribution in [0, 0.1) is 0 Å². The molecular formula is C22H25N7O5S. The standard InChI is InChI=1S/C22H25N7O5S/c1-34-10-9-27-18(23)17(19(31)26-21(27)33)29(12-14-5-3-2-4-6-14)16(30)11-15-13-35-22(25-15)28-8-7-24-20(28)32/h2-6,13H,7-12,23H2,1H3,(H,24,32)(H,26,31,33). The normalized spacial score (nSPS) is 13.2. The Morgan fingerprint density at radius 3 is 2.71 bits per heavy atom. The number of thiazole rings is 1. The van der Waals surface area contributed by atoms with Crippen LogP contribution in [0.25, 0.3) is 0 Å². The number of nitrogens with one attached hydrogen (secondary N) is 2. The molecule has 3 heterocycles. The first-order valence-electron chi connectivity index (χ1n) is 10.8. The van der Waals surface area contributed by atoms with Crippen molar-refractivity contribution in [2.45, 2.75) is 19.5 Å². The van der Waals surface area contributed by atoms with E-state index in [0.29, 0.717) is 23.9 Å². The van der Waals surface area contributed by atoms with Crippen molar-refractivity contribution in [1.29, 1.82) is 0 Å². The number of rotatable bonds is 9. The molecule has 35 heavy (non-hydrogen) atoms. The fraction of sp³-hybridized carbons (Fsp3) is 0.318. The van der Waals surface area contributed by atoms with Crippen LogP contribution in [0.4, 0.5) is 21.4 Å². The molecule has 3 amide bonds. The quantitative estimate of drug-likeness (QED) is 0.388. The van der Waals surface area contributed by atoms with Gasteiger partial charge in [0.25, 0.3) is 5.56 Å². The van der Waals surface area contributed by atoms with Crippen LogP contribution in [0.2, 0.25) is 0 Å². The van der Waals surface area contributed by atoms with E-state index in [-0.39, 0.29) is 43.7 Å². The van der Waals surface area contributed by atoms with Crippen molar-refractivity contribution in [2.24, 2.45) is 0 Å². The third-order valence-corrected chi connectivity index (χ3v) is 6.36. The molecule has 1 aliphatic rings. The average molecular weight is 500 g/mol. The van der Waals surface area contributed by atoms with Gasteiger partial charge in [-0.05, 0) is 5.56 Å². The van der Waals surface area contributed by atoms with E-state index in [0.717, 1.165) is 5.56 Å². The predicted octanol–water partition coefficient (Wildman–Crippen LogP) is 0.527. The molecule has 0 unspecified atom stereocenters. The number of methoxy groups -OCH3 is 1. The molecule has 1 aliphatic heterocycles. The van der Waals surface area contributed by atoms with Crippen LogP contribution in [0.15, 0.2) is 45.3 Å². The molecule has 1 saturated heterocycles. The van der Waals surface area contributed by atoms with Gasteiger partial charge in [-0.15, -0.1) is 11.3 Å². The van der Waals surface area contributed by atoms with Crippen molar-refractivity contribution in [2.75, 3.05) is 42.3 Å². The van der Waals surface area contributed by atoms with Crippen LogP contribution >= 0.6 is 11.3 Å². The highest BCUT2D eigenvalue weighted by Gasteiger charge is 2.27. The largest absolute Gasteiger partial charge is 0.383 e. The van der Waals surface area contributed by atoms with E-state index >= 15 is 0 Å². The molecule has 1 aromatic carbocycles. The molecule has 0 saturated carbocycles. The third kappa shape index (κ3) is 5.25. The van der Waals surface area contributed by atoms with Crippen molar-refractivity contribution in [3.8, 4) is 0 Å². The summed E-state index contributed by atoms with van der Waals surface area (Å²) in [4.78, 5) is 60.1. The highest BCUT2D eigenvalue weighted by Crippen LogP contribution is 2.24. The maximum atomic E-state index is 13.5. The van der Waals surface area contributed by atoms with Crippen LogP contribution in [0.1, 0.15) is 11.3 Å². The monoisotopic (exact) mass is 499 g/mol. The molecule has 0 spiro atoms. The molecule has 2 aromatic heterocycles. The number of ether oxygens (including phenoxy) is 1. The van der Waals surface area contributed by atoms with Crippen LogP contribution in [0.5, 0.6) is 0 Å². The number of hydrogen-bond donors (Lipinski definition) is 3. The van der Waals surface area contributed by atoms with E-state index in [2.05, 4.69) is 15.3 Å². The summed E-state index contributed by atoms with van der Waals surface area (Å²) < 4.78 is 6.20. The molecule has 13 heteroatoms. The van der Waals surface area contributed by atoms with Gasteiger partial charge in [-0.2, -0.15) is 0 Å². The Kier molecular flexibility index (Phi) is 7.27. The summed E-state index contributed by atoms with van der Waals surface area (Å²) in [5.41, 5.74) is 5.89. The minimum absolute atomic E-state index is 0.0565. The number of anilines is 3. The number of carbonyl (C=O) groups excluding carboxylic acids is 2. The maximum Gasteiger partial charge on any atom is 0.330 e. The number of aromatic nitrogens is 3. The second-order valence-electron chi connectivity index (χ2n) is 7.78. The first-order valence-corrected chi connectivity index (χ1v) is 11.7. The van der Waals surface area contributed by atoms with Gasteiger partial charge in [0.2, 0.25) is 5.91 Å². The van der Waals surface area contributed by atoms with Crippen molar-refractivity contribution in [3.05, 3.63) is 67.8 Å². The summed E-state index contributed by atoms with van der Waals surface area (Å²) in [6.45, 7) is 1.37. The van der Waals surface area contributed by atoms with Gasteiger partial charge in [-0.25, -0.2) is 14.6 Å². The summed E-state index contributed by atoms with van der Waals surface area (Å²) >= 11 is 1.26. The molecule has 1 fully saturated rings. The second kappa shape index (κ2) is 10.5. The lowest BCUT2D eigenvalue weighted by Gasteiger charge is -2.24. The number of amides is 3. The van der Waals surface area contributed by atoms with Gasteiger partial charge in [-0.1, -0.05) is 30.3 Å². The van der Waals surface area contributed by atoms with Crippen molar-refractivity contribution in [3.63, 3.8) is 0 Å². The number of hydrogen-bond acceptors (Lipinski definition) is 8. The van der Waals surface area contributed by atoms with Gasteiger partial charge in [-0.3, -0.25) is 28.9 Å². The molecule has 184 valence electrons. The third-order valence-electron chi connectivity index (χ3n) is 5.45. The van der Waals surface area contributed by atoms with Crippen LogP contribution < -0.4 is 32.1 Å². The number of nitrogen functional groups attached to an aromatic ring is 1. The summed E-state index contributed by atoms with van der Waals surface area (Å²) in [5, 5.41) is 4.90. The topological polar surface area (TPSA) is 156 Å². The van der Waals surface area contributed by atoms with E-state index in [9.17, 15) is 19.2 Å². The van der Waals surface area contributed by atoms with Gasteiger partial charge in [0.05, 0.1) is 31.8 Å². The van der Waals surface area contributed by atoms with Gasteiger partial charge in [0.1, 0.15) is 5.82 Å². The number of nitrogens with two attached hydrogens (primary N) is 1. The number of aromatic amines is 1. The molecule has 0 bridgehead atoms. The Labute approximate surface area is 204 Å². The fourth-order valence-corrected chi connectivity index (χ4v) is 4.56. The lowest BCUT2D eigenvalue weighted by atomic mass is 10.2. The highest BCUT2D eigenvalue weighted by atomic mass is 32.1. The van der Waals surface area contributed by atoms with E-state index in [1.165, 1.54) is 32.8 Å². The Morgan fingerprint density at radius 2 is 2.03 bits per heavy atom. The maximum absolute atomic E-state index is 13.5. The Balaban J connectivity index is 1.68. The molecule has 0 radical (unpaired) electrons. The number of urea groups is 1.